The lowest BCUT2D eigenvalue weighted by Gasteiger charge is -2.03. The summed E-state index contributed by atoms with van der Waals surface area (Å²) in [6.45, 7) is 2.20. The maximum atomic E-state index is 10.5. The van der Waals surface area contributed by atoms with Crippen LogP contribution < -0.4 is 5.73 Å². The third-order valence-electron chi connectivity index (χ3n) is 1.44. The molecule has 1 amide bonds. The highest BCUT2D eigenvalue weighted by molar-refractivity contribution is 5.76. The minimum Gasteiger partial charge on any atom is -0.369 e. The smallest absolute Gasteiger partial charge is 0.220 e. The largest absolute Gasteiger partial charge is 0.369 e. The second-order valence-corrected chi connectivity index (χ2v) is 2.40. The summed E-state index contributed by atoms with van der Waals surface area (Å²) in [4.78, 5) is 13.1. The molecule has 0 unspecified atom stereocenters. The summed E-state index contributed by atoms with van der Waals surface area (Å²) in [6, 6.07) is 0. The molecule has 0 aliphatic carbocycles. The predicted octanol–water partition coefficient (Wildman–Crippen LogP) is 1.20. The predicted molar refractivity (Wildman–Crippen MR) is 41.6 cm³/mol. The fourth-order valence-corrected chi connectivity index (χ4v) is 0.655. The Morgan fingerprint density at radius 2 is 2.45 bits per heavy atom. The van der Waals surface area contributed by atoms with Crippen molar-refractivity contribution in [3.05, 3.63) is 10.4 Å². The monoisotopic (exact) mass is 156 g/mol. The first-order valence-corrected chi connectivity index (χ1v) is 3.48. The molecule has 0 aliphatic heterocycles. The molecule has 0 saturated carbocycles. The molecule has 5 nitrogen and oxygen atoms in total. The second-order valence-electron chi connectivity index (χ2n) is 2.40. The van der Waals surface area contributed by atoms with Crippen molar-refractivity contribution in [3.63, 3.8) is 0 Å². The lowest BCUT2D eigenvalue weighted by atomic mass is 10.1. The van der Waals surface area contributed by atoms with Crippen LogP contribution in [0.25, 0.3) is 10.4 Å². The van der Waals surface area contributed by atoms with Crippen LogP contribution in [0.1, 0.15) is 19.8 Å². The lowest BCUT2D eigenvalue weighted by Crippen LogP contribution is -2.20. The quantitative estimate of drug-likeness (QED) is 0.275. The highest BCUT2D eigenvalue weighted by Gasteiger charge is 2.06. The number of carbonyl (C=O) groups excluding carboxylic acids is 1. The Bertz CT molecular complexity index is 173. The number of nitrogens with two attached hydrogens (primary N) is 1. The maximum absolute atomic E-state index is 10.5. The Morgan fingerprint density at radius 1 is 1.82 bits per heavy atom. The van der Waals surface area contributed by atoms with Gasteiger partial charge >= 0.3 is 0 Å². The number of primary amides is 1. The maximum Gasteiger partial charge on any atom is 0.220 e. The standard InChI is InChI=1S/C6H12N4O/c1-5(6(7)11)3-2-4-9-10-8/h5H,2-4H2,1H3,(H2,7,11)/t5-/m0/s1. The van der Waals surface area contributed by atoms with Crippen molar-refractivity contribution in [2.75, 3.05) is 6.54 Å². The molecule has 11 heavy (non-hydrogen) atoms. The van der Waals surface area contributed by atoms with E-state index < -0.39 is 0 Å². The molecule has 0 bridgehead atoms. The number of azide groups is 1. The van der Waals surface area contributed by atoms with Crippen molar-refractivity contribution in [2.24, 2.45) is 16.8 Å². The van der Waals surface area contributed by atoms with Crippen molar-refractivity contribution < 1.29 is 4.79 Å². The zero-order valence-electron chi connectivity index (χ0n) is 6.53. The number of hydrogen-bond acceptors (Lipinski definition) is 2. The summed E-state index contributed by atoms with van der Waals surface area (Å²) in [5.41, 5.74) is 12.9. The van der Waals surface area contributed by atoms with Crippen LogP contribution in [-0.4, -0.2) is 12.5 Å². The molecule has 0 aromatic heterocycles. The second kappa shape index (κ2) is 5.56. The molecule has 0 aromatic carbocycles. The third kappa shape index (κ3) is 5.24. The van der Waals surface area contributed by atoms with Gasteiger partial charge in [0, 0.05) is 17.4 Å². The Kier molecular flexibility index (Phi) is 4.94. The Balaban J connectivity index is 3.38. The van der Waals surface area contributed by atoms with Gasteiger partial charge in [0.05, 0.1) is 0 Å². The van der Waals surface area contributed by atoms with Crippen molar-refractivity contribution in [3.8, 4) is 0 Å². The summed E-state index contributed by atoms with van der Waals surface area (Å²) in [7, 11) is 0. The molecular weight excluding hydrogens is 144 g/mol. The van der Waals surface area contributed by atoms with Gasteiger partial charge in [0.1, 0.15) is 0 Å². The molecule has 0 saturated heterocycles. The molecule has 5 heteroatoms. The highest BCUT2D eigenvalue weighted by Crippen LogP contribution is 2.03. The topological polar surface area (TPSA) is 91.8 Å². The van der Waals surface area contributed by atoms with Gasteiger partial charge < -0.3 is 5.73 Å². The molecule has 0 aromatic rings. The van der Waals surface area contributed by atoms with Crippen molar-refractivity contribution in [1.29, 1.82) is 0 Å². The van der Waals surface area contributed by atoms with E-state index in [4.69, 9.17) is 11.3 Å². The van der Waals surface area contributed by atoms with Gasteiger partial charge in [0.25, 0.3) is 0 Å². The summed E-state index contributed by atoms with van der Waals surface area (Å²) in [6.07, 6.45) is 1.41. The first-order chi connectivity index (χ1) is 5.18. The van der Waals surface area contributed by atoms with Gasteiger partial charge in [-0.1, -0.05) is 12.0 Å². The van der Waals surface area contributed by atoms with E-state index in [0.717, 1.165) is 0 Å². The van der Waals surface area contributed by atoms with E-state index in [0.29, 0.717) is 19.4 Å². The minimum absolute atomic E-state index is 0.121. The number of rotatable bonds is 5. The van der Waals surface area contributed by atoms with Crippen LogP contribution in [0.15, 0.2) is 5.11 Å². The number of carbonyl (C=O) groups is 1. The van der Waals surface area contributed by atoms with Crippen molar-refractivity contribution in [2.45, 2.75) is 19.8 Å². The van der Waals surface area contributed by atoms with Gasteiger partial charge in [-0.3, -0.25) is 4.79 Å². The molecule has 62 valence electrons. The van der Waals surface area contributed by atoms with Crippen LogP contribution in [0.2, 0.25) is 0 Å². The van der Waals surface area contributed by atoms with Crippen LogP contribution in [0, 0.1) is 5.92 Å². The summed E-state index contributed by atoms with van der Waals surface area (Å²) >= 11 is 0. The first-order valence-electron chi connectivity index (χ1n) is 3.48. The van der Waals surface area contributed by atoms with E-state index >= 15 is 0 Å². The van der Waals surface area contributed by atoms with Crippen LogP contribution in [-0.2, 0) is 4.79 Å². The van der Waals surface area contributed by atoms with Crippen LogP contribution in [0.4, 0.5) is 0 Å². The van der Waals surface area contributed by atoms with E-state index in [2.05, 4.69) is 10.0 Å². The van der Waals surface area contributed by atoms with E-state index in [1.807, 2.05) is 0 Å². The zero-order valence-corrected chi connectivity index (χ0v) is 6.53. The van der Waals surface area contributed by atoms with E-state index in [9.17, 15) is 4.79 Å². The number of amides is 1. The minimum atomic E-state index is -0.300. The molecule has 1 atom stereocenters. The average molecular weight is 156 g/mol. The molecular formula is C6H12N4O. The lowest BCUT2D eigenvalue weighted by molar-refractivity contribution is -0.121. The molecule has 0 heterocycles. The molecule has 0 rings (SSSR count). The Labute approximate surface area is 65.2 Å². The third-order valence-corrected chi connectivity index (χ3v) is 1.44. The van der Waals surface area contributed by atoms with E-state index in [-0.39, 0.29) is 11.8 Å². The molecule has 0 spiro atoms. The van der Waals surface area contributed by atoms with Crippen LogP contribution in [0.5, 0.6) is 0 Å². The normalized spacial score (nSPS) is 11.7. The summed E-state index contributed by atoms with van der Waals surface area (Å²) in [5.74, 6) is -0.421. The van der Waals surface area contributed by atoms with Crippen LogP contribution >= 0.6 is 0 Å². The van der Waals surface area contributed by atoms with Gasteiger partial charge in [0.15, 0.2) is 0 Å². The highest BCUT2D eigenvalue weighted by atomic mass is 16.1. The molecule has 2 N–H and O–H groups in total. The van der Waals surface area contributed by atoms with Crippen molar-refractivity contribution >= 4 is 5.91 Å². The SMILES string of the molecule is C[C@@H](CCCN=[N+]=[N-])C(N)=O. The fraction of sp³-hybridized carbons (Fsp3) is 0.833. The van der Waals surface area contributed by atoms with E-state index in [1.54, 1.807) is 6.92 Å². The molecule has 0 aliphatic rings. The fourth-order valence-electron chi connectivity index (χ4n) is 0.655. The van der Waals surface area contributed by atoms with Crippen LogP contribution in [0.3, 0.4) is 0 Å². The van der Waals surface area contributed by atoms with Gasteiger partial charge in [-0.2, -0.15) is 0 Å². The molecule has 0 radical (unpaired) electrons. The Morgan fingerprint density at radius 3 is 2.91 bits per heavy atom. The number of hydrogen-bond donors (Lipinski definition) is 1. The summed E-state index contributed by atoms with van der Waals surface area (Å²) in [5, 5.41) is 3.33. The van der Waals surface area contributed by atoms with Gasteiger partial charge in [-0.05, 0) is 18.4 Å². The summed E-state index contributed by atoms with van der Waals surface area (Å²) < 4.78 is 0. The zero-order chi connectivity index (χ0) is 8.69. The number of nitrogens with zero attached hydrogens (tertiary/aromatic N) is 3. The van der Waals surface area contributed by atoms with Crippen molar-refractivity contribution in [1.82, 2.24) is 0 Å². The van der Waals surface area contributed by atoms with E-state index in [1.165, 1.54) is 0 Å². The van der Waals surface area contributed by atoms with Gasteiger partial charge in [-0.25, -0.2) is 0 Å². The van der Waals surface area contributed by atoms with Gasteiger partial charge in [-0.15, -0.1) is 0 Å². The first kappa shape index (κ1) is 9.78. The molecule has 0 fully saturated rings. The average Bonchev–Trinajstić information content (AvgIpc) is 1.97. The van der Waals surface area contributed by atoms with Gasteiger partial charge in [0.2, 0.25) is 5.91 Å². The Hall–Kier alpha value is -1.22.